The lowest BCUT2D eigenvalue weighted by Crippen LogP contribution is -2.51. The molecular weight excluding hydrogens is 464 g/mol. The minimum Gasteiger partial charge on any atom is -0.493 e. The van der Waals surface area contributed by atoms with Crippen LogP contribution in [0.5, 0.6) is 11.5 Å². The van der Waals surface area contributed by atoms with Crippen LogP contribution in [0.1, 0.15) is 44.2 Å². The maximum Gasteiger partial charge on any atom is 0.254 e. The molecule has 7 heteroatoms. The number of hydrogen-bond donors (Lipinski definition) is 1. The van der Waals surface area contributed by atoms with Crippen LogP contribution in [-0.4, -0.2) is 50.1 Å². The van der Waals surface area contributed by atoms with Crippen molar-refractivity contribution >= 4 is 23.4 Å². The highest BCUT2D eigenvalue weighted by Crippen LogP contribution is 2.32. The van der Waals surface area contributed by atoms with Gasteiger partial charge in [-0.1, -0.05) is 53.6 Å². The minimum atomic E-state index is -0.211. The molecule has 1 saturated heterocycles. The van der Waals surface area contributed by atoms with E-state index in [9.17, 15) is 9.59 Å². The third kappa shape index (κ3) is 5.43. The van der Waals surface area contributed by atoms with Crippen LogP contribution in [0.25, 0.3) is 0 Å². The second kappa shape index (κ2) is 10.8. The number of aryl methyl sites for hydroxylation is 1. The zero-order chi connectivity index (χ0) is 24.9. The Morgan fingerprint density at radius 2 is 1.69 bits per heavy atom. The van der Waals surface area contributed by atoms with Crippen molar-refractivity contribution < 1.29 is 19.1 Å². The van der Waals surface area contributed by atoms with Gasteiger partial charge in [-0.25, -0.2) is 0 Å². The highest BCUT2D eigenvalue weighted by molar-refractivity contribution is 6.33. The zero-order valence-electron chi connectivity index (χ0n) is 20.1. The molecule has 3 aromatic carbocycles. The van der Waals surface area contributed by atoms with Gasteiger partial charge in [0.2, 0.25) is 0 Å². The molecule has 0 saturated carbocycles. The number of rotatable bonds is 6. The molecule has 4 rings (SSSR count). The number of carbonyl (C=O) groups is 2. The van der Waals surface area contributed by atoms with Gasteiger partial charge in [0, 0.05) is 30.6 Å². The number of ether oxygens (including phenoxy) is 2. The fraction of sp³-hybridized carbons (Fsp3) is 0.286. The molecule has 3 aromatic rings. The maximum absolute atomic E-state index is 13.4. The Morgan fingerprint density at radius 1 is 0.971 bits per heavy atom. The molecular formula is C28H29ClN2O4. The van der Waals surface area contributed by atoms with Crippen LogP contribution >= 0.6 is 11.6 Å². The van der Waals surface area contributed by atoms with E-state index >= 15 is 0 Å². The molecule has 182 valence electrons. The number of benzene rings is 3. The molecule has 0 aliphatic carbocycles. The summed E-state index contributed by atoms with van der Waals surface area (Å²) in [6, 6.07) is 20.3. The van der Waals surface area contributed by atoms with Gasteiger partial charge in [-0.3, -0.25) is 9.59 Å². The molecule has 1 heterocycles. The van der Waals surface area contributed by atoms with Crippen LogP contribution in [-0.2, 0) is 0 Å². The molecule has 1 aliphatic rings. The molecule has 6 nitrogen and oxygen atoms in total. The Kier molecular flexibility index (Phi) is 7.61. The van der Waals surface area contributed by atoms with Crippen molar-refractivity contribution in [2.45, 2.75) is 25.3 Å². The largest absolute Gasteiger partial charge is 0.493 e. The summed E-state index contributed by atoms with van der Waals surface area (Å²) in [5.74, 6) is 0.717. The molecule has 2 amide bonds. The monoisotopic (exact) mass is 492 g/mol. The summed E-state index contributed by atoms with van der Waals surface area (Å²) in [7, 11) is 3.11. The van der Waals surface area contributed by atoms with Crippen LogP contribution in [0.2, 0.25) is 5.02 Å². The van der Waals surface area contributed by atoms with Gasteiger partial charge in [0.05, 0.1) is 24.8 Å². The predicted octanol–water partition coefficient (Wildman–Crippen LogP) is 5.09. The van der Waals surface area contributed by atoms with Crippen LogP contribution in [0.15, 0.2) is 66.7 Å². The second-order valence-electron chi connectivity index (χ2n) is 8.69. The summed E-state index contributed by atoms with van der Waals surface area (Å²) >= 11 is 6.25. The van der Waals surface area contributed by atoms with Crippen molar-refractivity contribution in [3.63, 3.8) is 0 Å². The predicted molar refractivity (Wildman–Crippen MR) is 137 cm³/mol. The first kappa shape index (κ1) is 24.6. The molecule has 0 radical (unpaired) electrons. The highest BCUT2D eigenvalue weighted by atomic mass is 35.5. The van der Waals surface area contributed by atoms with E-state index in [0.29, 0.717) is 47.2 Å². The van der Waals surface area contributed by atoms with Crippen molar-refractivity contribution in [2.24, 2.45) is 0 Å². The Hall–Kier alpha value is -3.51. The first-order valence-corrected chi connectivity index (χ1v) is 11.9. The van der Waals surface area contributed by atoms with Crippen molar-refractivity contribution in [1.82, 2.24) is 10.2 Å². The number of hydrogen-bond acceptors (Lipinski definition) is 4. The number of methoxy groups -OCH3 is 2. The molecule has 1 aliphatic heterocycles. The first-order chi connectivity index (χ1) is 16.9. The summed E-state index contributed by atoms with van der Waals surface area (Å²) in [4.78, 5) is 28.3. The molecule has 1 fully saturated rings. The van der Waals surface area contributed by atoms with Gasteiger partial charge in [0.25, 0.3) is 11.8 Å². The van der Waals surface area contributed by atoms with Gasteiger partial charge in [0.1, 0.15) is 0 Å². The topological polar surface area (TPSA) is 67.9 Å². The van der Waals surface area contributed by atoms with Crippen molar-refractivity contribution in [3.8, 4) is 11.5 Å². The van der Waals surface area contributed by atoms with Crippen LogP contribution in [0, 0.1) is 6.92 Å². The zero-order valence-corrected chi connectivity index (χ0v) is 20.8. The first-order valence-electron chi connectivity index (χ1n) is 11.5. The fourth-order valence-electron chi connectivity index (χ4n) is 4.50. The number of nitrogens with zero attached hydrogens (tertiary/aromatic N) is 1. The van der Waals surface area contributed by atoms with E-state index in [4.69, 9.17) is 21.1 Å². The number of likely N-dealkylation sites (tertiary alicyclic amines) is 1. The van der Waals surface area contributed by atoms with E-state index in [2.05, 4.69) is 29.6 Å². The lowest BCUT2D eigenvalue weighted by Gasteiger charge is -2.39. The average molecular weight is 493 g/mol. The van der Waals surface area contributed by atoms with Crippen molar-refractivity contribution in [2.75, 3.05) is 27.3 Å². The summed E-state index contributed by atoms with van der Waals surface area (Å²) < 4.78 is 10.7. The maximum atomic E-state index is 13.4. The number of amides is 2. The van der Waals surface area contributed by atoms with Gasteiger partial charge < -0.3 is 19.7 Å². The fourth-order valence-corrected chi connectivity index (χ4v) is 4.73. The molecule has 0 bridgehead atoms. The summed E-state index contributed by atoms with van der Waals surface area (Å²) in [5.41, 5.74) is 3.20. The lowest BCUT2D eigenvalue weighted by molar-refractivity contribution is 0.0671. The number of piperidine rings is 1. The Labute approximate surface area is 210 Å². The van der Waals surface area contributed by atoms with Crippen LogP contribution in [0.3, 0.4) is 0 Å². The standard InChI is InChI=1S/C28H29ClN2O4/c1-18-8-10-19(11-9-18)22-17-31(28(33)20-12-13-25(34-2)26(16-20)35-3)15-14-24(22)30-27(32)21-6-4-5-7-23(21)29/h4-13,16,22,24H,14-15,17H2,1-3H3,(H,30,32). The Morgan fingerprint density at radius 3 is 2.37 bits per heavy atom. The van der Waals surface area contributed by atoms with Crippen molar-refractivity contribution in [3.05, 3.63) is 94.0 Å². The molecule has 1 N–H and O–H groups in total. The van der Waals surface area contributed by atoms with E-state index in [1.165, 1.54) is 0 Å². The Balaban J connectivity index is 1.58. The third-order valence-corrected chi connectivity index (χ3v) is 6.80. The quantitative estimate of drug-likeness (QED) is 0.520. The highest BCUT2D eigenvalue weighted by Gasteiger charge is 2.34. The van der Waals surface area contributed by atoms with Gasteiger partial charge in [0.15, 0.2) is 11.5 Å². The number of halogens is 1. The van der Waals surface area contributed by atoms with Gasteiger partial charge in [-0.05, 0) is 49.2 Å². The molecule has 35 heavy (non-hydrogen) atoms. The summed E-state index contributed by atoms with van der Waals surface area (Å²) in [6.07, 6.45) is 0.619. The number of nitrogens with one attached hydrogen (secondary N) is 1. The lowest BCUT2D eigenvalue weighted by atomic mass is 9.85. The Bertz CT molecular complexity index is 1210. The minimum absolute atomic E-state index is 0.0696. The molecule has 0 aromatic heterocycles. The molecule has 2 atom stereocenters. The van der Waals surface area contributed by atoms with Crippen molar-refractivity contribution in [1.29, 1.82) is 0 Å². The van der Waals surface area contributed by atoms with E-state index < -0.39 is 0 Å². The van der Waals surface area contributed by atoms with Crippen LogP contribution in [0.4, 0.5) is 0 Å². The van der Waals surface area contributed by atoms with E-state index in [1.54, 1.807) is 56.7 Å². The SMILES string of the molecule is COc1ccc(C(=O)N2CCC(NC(=O)c3ccccc3Cl)C(c3ccc(C)cc3)C2)cc1OC. The van der Waals surface area contributed by atoms with Gasteiger partial charge in [-0.2, -0.15) is 0 Å². The van der Waals surface area contributed by atoms with Gasteiger partial charge >= 0.3 is 0 Å². The van der Waals surface area contributed by atoms with E-state index in [1.807, 2.05) is 11.8 Å². The summed E-state index contributed by atoms with van der Waals surface area (Å²) in [6.45, 7) is 3.03. The summed E-state index contributed by atoms with van der Waals surface area (Å²) in [5, 5.41) is 3.59. The molecule has 2 unspecified atom stereocenters. The average Bonchev–Trinajstić information content (AvgIpc) is 2.88. The second-order valence-corrected chi connectivity index (χ2v) is 9.09. The normalized spacial score (nSPS) is 17.5. The number of carbonyl (C=O) groups excluding carboxylic acids is 2. The van der Waals surface area contributed by atoms with E-state index in [0.717, 1.165) is 11.1 Å². The smallest absolute Gasteiger partial charge is 0.254 e. The van der Waals surface area contributed by atoms with E-state index in [-0.39, 0.29) is 23.8 Å². The molecule has 0 spiro atoms. The van der Waals surface area contributed by atoms with Crippen LogP contribution < -0.4 is 14.8 Å². The third-order valence-electron chi connectivity index (χ3n) is 6.47. The van der Waals surface area contributed by atoms with Gasteiger partial charge in [-0.15, -0.1) is 0 Å².